The summed E-state index contributed by atoms with van der Waals surface area (Å²) in [5.41, 5.74) is 3.11. The molecule has 1 heterocycles. The smallest absolute Gasteiger partial charge is 0.223 e. The number of benzene rings is 2. The molecular formula is C18H17N3O. The lowest BCUT2D eigenvalue weighted by atomic mass is 10.1. The van der Waals surface area contributed by atoms with E-state index >= 15 is 0 Å². The van der Waals surface area contributed by atoms with E-state index in [9.17, 15) is 0 Å². The van der Waals surface area contributed by atoms with Crippen molar-refractivity contribution in [2.24, 2.45) is 0 Å². The fraction of sp³-hybridized carbons (Fsp3) is 0.111. The van der Waals surface area contributed by atoms with Crippen molar-refractivity contribution < 1.29 is 4.74 Å². The van der Waals surface area contributed by atoms with Crippen LogP contribution in [0.4, 0.5) is 5.95 Å². The zero-order valence-corrected chi connectivity index (χ0v) is 12.4. The third kappa shape index (κ3) is 3.41. The molecule has 4 heteroatoms. The molecule has 0 atom stereocenters. The van der Waals surface area contributed by atoms with Gasteiger partial charge in [-0.05, 0) is 35.9 Å². The molecule has 1 aromatic heterocycles. The lowest BCUT2D eigenvalue weighted by Crippen LogP contribution is -2.03. The number of methoxy groups -OCH3 is 1. The predicted molar refractivity (Wildman–Crippen MR) is 87.8 cm³/mol. The van der Waals surface area contributed by atoms with E-state index in [1.807, 2.05) is 48.5 Å². The summed E-state index contributed by atoms with van der Waals surface area (Å²) in [6.07, 6.45) is 1.76. The Kier molecular flexibility index (Phi) is 4.30. The van der Waals surface area contributed by atoms with E-state index in [1.165, 1.54) is 5.56 Å². The van der Waals surface area contributed by atoms with E-state index in [0.29, 0.717) is 12.5 Å². The predicted octanol–water partition coefficient (Wildman–Crippen LogP) is 3.76. The first-order chi connectivity index (χ1) is 10.8. The number of anilines is 1. The normalized spacial score (nSPS) is 10.2. The molecule has 0 bridgehead atoms. The second kappa shape index (κ2) is 6.72. The topological polar surface area (TPSA) is 47.0 Å². The second-order valence-electron chi connectivity index (χ2n) is 4.83. The first kappa shape index (κ1) is 14.1. The standard InChI is InChI=1S/C18H17N3O/c1-22-16-9-7-15(8-10-16)17-11-12-19-18(21-17)20-13-14-5-3-2-4-6-14/h2-12H,13H2,1H3,(H,19,20,21). The minimum atomic E-state index is 0.622. The van der Waals surface area contributed by atoms with Gasteiger partial charge in [-0.1, -0.05) is 30.3 Å². The van der Waals surface area contributed by atoms with Crippen LogP contribution in [-0.4, -0.2) is 17.1 Å². The number of ether oxygens (including phenoxy) is 1. The Morgan fingerprint density at radius 1 is 0.955 bits per heavy atom. The molecule has 110 valence electrons. The molecule has 0 radical (unpaired) electrons. The molecule has 0 aliphatic rings. The summed E-state index contributed by atoms with van der Waals surface area (Å²) in [5.74, 6) is 1.46. The average molecular weight is 291 g/mol. The summed E-state index contributed by atoms with van der Waals surface area (Å²) in [4.78, 5) is 8.82. The molecule has 0 saturated carbocycles. The molecule has 0 saturated heterocycles. The Hall–Kier alpha value is -2.88. The number of rotatable bonds is 5. The fourth-order valence-corrected chi connectivity index (χ4v) is 2.14. The third-order valence-electron chi connectivity index (χ3n) is 3.33. The molecular weight excluding hydrogens is 274 g/mol. The number of hydrogen-bond donors (Lipinski definition) is 1. The summed E-state index contributed by atoms with van der Waals surface area (Å²) >= 11 is 0. The minimum Gasteiger partial charge on any atom is -0.497 e. The van der Waals surface area contributed by atoms with Crippen LogP contribution in [0.15, 0.2) is 66.9 Å². The second-order valence-corrected chi connectivity index (χ2v) is 4.83. The molecule has 1 N–H and O–H groups in total. The molecule has 0 amide bonds. The highest BCUT2D eigenvalue weighted by atomic mass is 16.5. The molecule has 0 fully saturated rings. The van der Waals surface area contributed by atoms with Gasteiger partial charge in [0.15, 0.2) is 0 Å². The van der Waals surface area contributed by atoms with Crippen molar-refractivity contribution in [1.29, 1.82) is 0 Å². The first-order valence-electron chi connectivity index (χ1n) is 7.10. The Morgan fingerprint density at radius 2 is 1.73 bits per heavy atom. The Labute approximate surface area is 129 Å². The van der Waals surface area contributed by atoms with Gasteiger partial charge in [-0.3, -0.25) is 0 Å². The Bertz CT molecular complexity index is 727. The number of aromatic nitrogens is 2. The van der Waals surface area contributed by atoms with Crippen molar-refractivity contribution in [3.8, 4) is 17.0 Å². The lowest BCUT2D eigenvalue weighted by Gasteiger charge is -2.07. The highest BCUT2D eigenvalue weighted by molar-refractivity contribution is 5.60. The zero-order chi connectivity index (χ0) is 15.2. The van der Waals surface area contributed by atoms with Crippen molar-refractivity contribution in [2.45, 2.75) is 6.54 Å². The van der Waals surface area contributed by atoms with Crippen LogP contribution in [0, 0.1) is 0 Å². The van der Waals surface area contributed by atoms with Gasteiger partial charge in [-0.15, -0.1) is 0 Å². The van der Waals surface area contributed by atoms with Crippen LogP contribution in [0.2, 0.25) is 0 Å². The molecule has 3 rings (SSSR count). The van der Waals surface area contributed by atoms with Crippen LogP contribution in [0.25, 0.3) is 11.3 Å². The van der Waals surface area contributed by atoms with Gasteiger partial charge in [-0.25, -0.2) is 9.97 Å². The molecule has 0 spiro atoms. The maximum absolute atomic E-state index is 5.17. The molecule has 22 heavy (non-hydrogen) atoms. The van der Waals surface area contributed by atoms with Gasteiger partial charge in [0.25, 0.3) is 0 Å². The van der Waals surface area contributed by atoms with Gasteiger partial charge in [0.2, 0.25) is 5.95 Å². The fourth-order valence-electron chi connectivity index (χ4n) is 2.14. The van der Waals surface area contributed by atoms with Gasteiger partial charge < -0.3 is 10.1 Å². The van der Waals surface area contributed by atoms with Crippen molar-refractivity contribution in [3.05, 3.63) is 72.4 Å². The summed E-state index contributed by atoms with van der Waals surface area (Å²) in [6.45, 7) is 0.701. The van der Waals surface area contributed by atoms with Crippen molar-refractivity contribution in [1.82, 2.24) is 9.97 Å². The Morgan fingerprint density at radius 3 is 2.45 bits per heavy atom. The quantitative estimate of drug-likeness (QED) is 0.777. The van der Waals surface area contributed by atoms with E-state index in [0.717, 1.165) is 17.0 Å². The Balaban J connectivity index is 1.74. The van der Waals surface area contributed by atoms with Crippen LogP contribution in [-0.2, 0) is 6.54 Å². The van der Waals surface area contributed by atoms with Gasteiger partial charge in [-0.2, -0.15) is 0 Å². The summed E-state index contributed by atoms with van der Waals surface area (Å²) < 4.78 is 5.17. The SMILES string of the molecule is COc1ccc(-c2ccnc(NCc3ccccc3)n2)cc1. The monoisotopic (exact) mass is 291 g/mol. The van der Waals surface area contributed by atoms with Crippen LogP contribution in [0.5, 0.6) is 5.75 Å². The molecule has 0 aliphatic carbocycles. The van der Waals surface area contributed by atoms with Crippen LogP contribution < -0.4 is 10.1 Å². The van der Waals surface area contributed by atoms with E-state index in [1.54, 1.807) is 13.3 Å². The molecule has 3 aromatic rings. The minimum absolute atomic E-state index is 0.622. The van der Waals surface area contributed by atoms with E-state index in [2.05, 4.69) is 27.4 Å². The van der Waals surface area contributed by atoms with Gasteiger partial charge in [0.05, 0.1) is 12.8 Å². The lowest BCUT2D eigenvalue weighted by molar-refractivity contribution is 0.415. The summed E-state index contributed by atoms with van der Waals surface area (Å²) in [5, 5.41) is 3.25. The molecule has 2 aromatic carbocycles. The van der Waals surface area contributed by atoms with Gasteiger partial charge >= 0.3 is 0 Å². The third-order valence-corrected chi connectivity index (χ3v) is 3.33. The van der Waals surface area contributed by atoms with Crippen molar-refractivity contribution >= 4 is 5.95 Å². The average Bonchev–Trinajstić information content (AvgIpc) is 2.61. The highest BCUT2D eigenvalue weighted by Gasteiger charge is 2.03. The van der Waals surface area contributed by atoms with E-state index < -0.39 is 0 Å². The maximum atomic E-state index is 5.17. The number of nitrogens with zero attached hydrogens (tertiary/aromatic N) is 2. The van der Waals surface area contributed by atoms with Crippen molar-refractivity contribution in [3.63, 3.8) is 0 Å². The number of hydrogen-bond acceptors (Lipinski definition) is 4. The van der Waals surface area contributed by atoms with Gasteiger partial charge in [0.1, 0.15) is 5.75 Å². The maximum Gasteiger partial charge on any atom is 0.223 e. The zero-order valence-electron chi connectivity index (χ0n) is 12.4. The summed E-state index contributed by atoms with van der Waals surface area (Å²) in [7, 11) is 1.66. The van der Waals surface area contributed by atoms with Gasteiger partial charge in [0, 0.05) is 18.3 Å². The van der Waals surface area contributed by atoms with Crippen LogP contribution in [0.3, 0.4) is 0 Å². The van der Waals surface area contributed by atoms with E-state index in [4.69, 9.17) is 4.74 Å². The molecule has 0 unspecified atom stereocenters. The van der Waals surface area contributed by atoms with Crippen LogP contribution >= 0.6 is 0 Å². The van der Waals surface area contributed by atoms with Crippen molar-refractivity contribution in [2.75, 3.05) is 12.4 Å². The highest BCUT2D eigenvalue weighted by Crippen LogP contribution is 2.21. The first-order valence-corrected chi connectivity index (χ1v) is 7.10. The van der Waals surface area contributed by atoms with E-state index in [-0.39, 0.29) is 0 Å². The molecule has 4 nitrogen and oxygen atoms in total. The number of nitrogens with one attached hydrogen (secondary N) is 1. The summed E-state index contributed by atoms with van der Waals surface area (Å²) in [6, 6.07) is 19.9. The largest absolute Gasteiger partial charge is 0.497 e. The molecule has 0 aliphatic heterocycles. The van der Waals surface area contributed by atoms with Crippen LogP contribution in [0.1, 0.15) is 5.56 Å².